The van der Waals surface area contributed by atoms with Gasteiger partial charge in [0, 0.05) is 18.9 Å². The van der Waals surface area contributed by atoms with E-state index in [0.717, 1.165) is 27.8 Å². The van der Waals surface area contributed by atoms with Gasteiger partial charge in [-0.1, -0.05) is 37.3 Å². The van der Waals surface area contributed by atoms with Crippen LogP contribution in [0.15, 0.2) is 47.2 Å². The van der Waals surface area contributed by atoms with Crippen LogP contribution in [-0.4, -0.2) is 24.7 Å². The normalized spacial score (nSPS) is 10.7. The Labute approximate surface area is 144 Å². The van der Waals surface area contributed by atoms with Crippen molar-refractivity contribution in [3.63, 3.8) is 0 Å². The van der Waals surface area contributed by atoms with E-state index in [2.05, 4.69) is 20.9 Å². The van der Waals surface area contributed by atoms with Crippen molar-refractivity contribution in [3.8, 4) is 0 Å². The molecule has 5 heteroatoms. The zero-order chi connectivity index (χ0) is 16.7. The number of hydrogen-bond acceptors (Lipinski definition) is 3. The Morgan fingerprint density at radius 3 is 2.43 bits per heavy atom. The van der Waals surface area contributed by atoms with Crippen LogP contribution in [0.4, 0.5) is 10.5 Å². The number of carbonyl (C=O) groups excluding carboxylic acids is 1. The molecule has 0 saturated heterocycles. The van der Waals surface area contributed by atoms with Gasteiger partial charge in [-0.3, -0.25) is 4.90 Å². The van der Waals surface area contributed by atoms with E-state index in [1.165, 1.54) is 4.90 Å². The number of nitrogens with zero attached hydrogens (tertiary/aromatic N) is 2. The van der Waals surface area contributed by atoms with Crippen molar-refractivity contribution in [3.05, 3.63) is 58.3 Å². The van der Waals surface area contributed by atoms with Crippen LogP contribution >= 0.6 is 15.9 Å². The number of hydrogen-bond donors (Lipinski definition) is 0. The summed E-state index contributed by atoms with van der Waals surface area (Å²) in [5.74, 6) is 0. The molecule has 2 aromatic rings. The van der Waals surface area contributed by atoms with E-state index in [9.17, 15) is 4.79 Å². The molecule has 4 nitrogen and oxygen atoms in total. The fraction of sp³-hybridized carbons (Fsp3) is 0.222. The molecular weight excluding hydrogens is 356 g/mol. The molecule has 0 aliphatic heterocycles. The van der Waals surface area contributed by atoms with E-state index in [-0.39, 0.29) is 6.09 Å². The van der Waals surface area contributed by atoms with Crippen LogP contribution < -0.4 is 4.90 Å². The zero-order valence-corrected chi connectivity index (χ0v) is 14.8. The Hall–Kier alpha value is -2.14. The van der Waals surface area contributed by atoms with Crippen molar-refractivity contribution >= 4 is 39.9 Å². The van der Waals surface area contributed by atoms with Gasteiger partial charge in [-0.15, -0.1) is 0 Å². The van der Waals surface area contributed by atoms with Crippen LogP contribution in [0, 0.1) is 0 Å². The number of halogens is 1. The summed E-state index contributed by atoms with van der Waals surface area (Å²) in [5, 5.41) is 0. The summed E-state index contributed by atoms with van der Waals surface area (Å²) in [5.41, 5.74) is 2.87. The number of benzene rings is 1. The van der Waals surface area contributed by atoms with Crippen LogP contribution in [0.25, 0.3) is 12.2 Å². The molecule has 0 fully saturated rings. The number of anilines is 1. The molecule has 0 aliphatic rings. The third kappa shape index (κ3) is 5.21. The van der Waals surface area contributed by atoms with E-state index < -0.39 is 0 Å². The summed E-state index contributed by atoms with van der Waals surface area (Å²) in [6.07, 6.45) is 6.27. The molecule has 0 bridgehead atoms. The molecule has 23 heavy (non-hydrogen) atoms. The second kappa shape index (κ2) is 8.48. The first kappa shape index (κ1) is 17.2. The smallest absolute Gasteiger partial charge is 0.414 e. The van der Waals surface area contributed by atoms with Crippen LogP contribution in [0.1, 0.15) is 24.5 Å². The van der Waals surface area contributed by atoms with Gasteiger partial charge in [-0.2, -0.15) is 0 Å². The first-order valence-corrected chi connectivity index (χ1v) is 8.19. The van der Waals surface area contributed by atoms with E-state index >= 15 is 0 Å². The molecule has 0 saturated carbocycles. The van der Waals surface area contributed by atoms with Gasteiger partial charge in [-0.05, 0) is 51.7 Å². The van der Waals surface area contributed by atoms with E-state index in [1.807, 2.05) is 55.5 Å². The summed E-state index contributed by atoms with van der Waals surface area (Å²) in [7, 11) is 1.70. The zero-order valence-electron chi connectivity index (χ0n) is 13.2. The lowest BCUT2D eigenvalue weighted by Crippen LogP contribution is -2.27. The monoisotopic (exact) mass is 374 g/mol. The van der Waals surface area contributed by atoms with E-state index in [1.54, 1.807) is 13.2 Å². The first-order chi connectivity index (χ1) is 11.1. The van der Waals surface area contributed by atoms with Gasteiger partial charge in [-0.25, -0.2) is 9.78 Å². The van der Waals surface area contributed by atoms with Crippen molar-refractivity contribution in [1.29, 1.82) is 0 Å². The third-order valence-corrected chi connectivity index (χ3v) is 3.67. The Balaban J connectivity index is 2.01. The van der Waals surface area contributed by atoms with Gasteiger partial charge >= 0.3 is 6.09 Å². The second-order valence-corrected chi connectivity index (χ2v) is 5.82. The van der Waals surface area contributed by atoms with Crippen LogP contribution in [-0.2, 0) is 4.74 Å². The highest BCUT2D eigenvalue weighted by Gasteiger charge is 2.11. The van der Waals surface area contributed by atoms with Gasteiger partial charge in [0.25, 0.3) is 0 Å². The van der Waals surface area contributed by atoms with Crippen molar-refractivity contribution in [2.45, 2.75) is 13.3 Å². The maximum Gasteiger partial charge on any atom is 0.414 e. The predicted octanol–water partition coefficient (Wildman–Crippen LogP) is 5.00. The molecule has 0 atom stereocenters. The Kier molecular flexibility index (Phi) is 6.35. The number of aromatic nitrogens is 1. The summed E-state index contributed by atoms with van der Waals surface area (Å²) in [4.78, 5) is 17.5. The van der Waals surface area contributed by atoms with Crippen molar-refractivity contribution in [1.82, 2.24) is 4.98 Å². The molecule has 1 amide bonds. The Bertz CT molecular complexity index is 666. The number of carbonyl (C=O) groups is 1. The summed E-state index contributed by atoms with van der Waals surface area (Å²) < 4.78 is 5.93. The largest absolute Gasteiger partial charge is 0.449 e. The summed E-state index contributed by atoms with van der Waals surface area (Å²) in [6.45, 7) is 2.40. The van der Waals surface area contributed by atoms with Gasteiger partial charge in [0.15, 0.2) is 0 Å². The minimum absolute atomic E-state index is 0.337. The predicted molar refractivity (Wildman–Crippen MR) is 97.3 cm³/mol. The standard InChI is InChI=1S/C18H19BrN2O2/c1-3-12-23-18(22)21(2)16-9-6-14(7-10-16)4-5-15-8-11-17(19)20-13-15/h4-11,13H,3,12H2,1-2H3. The number of ether oxygens (including phenoxy) is 1. The highest BCUT2D eigenvalue weighted by atomic mass is 79.9. The third-order valence-electron chi connectivity index (χ3n) is 3.20. The topological polar surface area (TPSA) is 42.4 Å². The lowest BCUT2D eigenvalue weighted by molar-refractivity contribution is 0.155. The molecule has 1 aromatic carbocycles. The summed E-state index contributed by atoms with van der Waals surface area (Å²) in [6, 6.07) is 11.6. The SMILES string of the molecule is CCCOC(=O)N(C)c1ccc(C=Cc2ccc(Br)nc2)cc1. The lowest BCUT2D eigenvalue weighted by atomic mass is 10.1. The minimum atomic E-state index is -0.337. The molecule has 0 radical (unpaired) electrons. The maximum atomic E-state index is 11.8. The molecular formula is C18H19BrN2O2. The van der Waals surface area contributed by atoms with Gasteiger partial charge in [0.05, 0.1) is 6.61 Å². The first-order valence-electron chi connectivity index (χ1n) is 7.40. The number of rotatable bonds is 5. The average molecular weight is 375 g/mol. The van der Waals surface area contributed by atoms with Gasteiger partial charge in [0.2, 0.25) is 0 Å². The molecule has 0 spiro atoms. The van der Waals surface area contributed by atoms with Crippen molar-refractivity contribution in [2.75, 3.05) is 18.6 Å². The number of amides is 1. The van der Waals surface area contributed by atoms with Crippen LogP contribution in [0.5, 0.6) is 0 Å². The molecule has 120 valence electrons. The molecule has 0 N–H and O–H groups in total. The Morgan fingerprint density at radius 2 is 1.83 bits per heavy atom. The van der Waals surface area contributed by atoms with E-state index in [0.29, 0.717) is 6.61 Å². The minimum Gasteiger partial charge on any atom is -0.449 e. The molecule has 1 heterocycles. The molecule has 1 aromatic heterocycles. The van der Waals surface area contributed by atoms with Gasteiger partial charge < -0.3 is 4.74 Å². The molecule has 2 rings (SSSR count). The quantitative estimate of drug-likeness (QED) is 0.691. The lowest BCUT2D eigenvalue weighted by Gasteiger charge is -2.16. The maximum absolute atomic E-state index is 11.8. The summed E-state index contributed by atoms with van der Waals surface area (Å²) >= 11 is 3.31. The number of pyridine rings is 1. The fourth-order valence-corrected chi connectivity index (χ4v) is 2.11. The Morgan fingerprint density at radius 1 is 1.17 bits per heavy atom. The van der Waals surface area contributed by atoms with Gasteiger partial charge in [0.1, 0.15) is 4.60 Å². The van der Waals surface area contributed by atoms with E-state index in [4.69, 9.17) is 4.74 Å². The van der Waals surface area contributed by atoms with Crippen molar-refractivity contribution in [2.24, 2.45) is 0 Å². The molecule has 0 aliphatic carbocycles. The highest BCUT2D eigenvalue weighted by molar-refractivity contribution is 9.10. The highest BCUT2D eigenvalue weighted by Crippen LogP contribution is 2.17. The van der Waals surface area contributed by atoms with Crippen LogP contribution in [0.2, 0.25) is 0 Å². The van der Waals surface area contributed by atoms with Crippen molar-refractivity contribution < 1.29 is 9.53 Å². The average Bonchev–Trinajstić information content (AvgIpc) is 2.59. The second-order valence-electron chi connectivity index (χ2n) is 5.01. The fourth-order valence-electron chi connectivity index (χ4n) is 1.88. The van der Waals surface area contributed by atoms with Crippen LogP contribution in [0.3, 0.4) is 0 Å². The molecule has 0 unspecified atom stereocenters.